The molecule has 0 unspecified atom stereocenters. The van der Waals surface area contributed by atoms with E-state index in [4.69, 9.17) is 29.6 Å². The van der Waals surface area contributed by atoms with Crippen molar-refractivity contribution in [1.82, 2.24) is 9.55 Å². The fraction of sp³-hybridized carbons (Fsp3) is 0.143. The van der Waals surface area contributed by atoms with Gasteiger partial charge in [-0.3, -0.25) is 4.98 Å². The minimum Gasteiger partial charge on any atom is -0.493 e. The van der Waals surface area contributed by atoms with E-state index in [-0.39, 0.29) is 11.0 Å². The molecule has 30 heavy (non-hydrogen) atoms. The highest BCUT2D eigenvalue weighted by Crippen LogP contribution is 2.39. The Morgan fingerprint density at radius 3 is 2.87 bits per heavy atom. The number of azo groups is 1. The molecule has 2 aromatic carbocycles. The van der Waals surface area contributed by atoms with Gasteiger partial charge in [-0.15, -0.1) is 10.2 Å². The van der Waals surface area contributed by atoms with Gasteiger partial charge in [0, 0.05) is 40.8 Å². The van der Waals surface area contributed by atoms with Crippen molar-refractivity contribution in [2.75, 3.05) is 11.9 Å². The third-order valence-corrected chi connectivity index (χ3v) is 5.09. The molecule has 0 amide bonds. The molecule has 0 bridgehead atoms. The van der Waals surface area contributed by atoms with Crippen LogP contribution in [0.1, 0.15) is 5.56 Å². The molecule has 0 aliphatic heterocycles. The minimum atomic E-state index is -0.0886. The van der Waals surface area contributed by atoms with E-state index in [1.54, 1.807) is 10.8 Å². The number of nitrogens with zero attached hydrogens (tertiary/aromatic N) is 4. The Morgan fingerprint density at radius 1 is 1.23 bits per heavy atom. The van der Waals surface area contributed by atoms with Gasteiger partial charge in [0.15, 0.2) is 5.69 Å². The van der Waals surface area contributed by atoms with Crippen LogP contribution >= 0.6 is 23.8 Å². The first-order valence-electron chi connectivity index (χ1n) is 9.25. The van der Waals surface area contributed by atoms with Gasteiger partial charge in [-0.1, -0.05) is 23.2 Å². The predicted octanol–water partition coefficient (Wildman–Crippen LogP) is 5.30. The van der Waals surface area contributed by atoms with Crippen molar-refractivity contribution in [3.8, 4) is 5.88 Å². The molecule has 0 fully saturated rings. The fourth-order valence-electron chi connectivity index (χ4n) is 3.44. The van der Waals surface area contributed by atoms with E-state index in [0.29, 0.717) is 23.8 Å². The lowest BCUT2D eigenvalue weighted by Crippen LogP contribution is -2.10. The summed E-state index contributed by atoms with van der Waals surface area (Å²) in [4.78, 5) is 4.36. The summed E-state index contributed by atoms with van der Waals surface area (Å²) in [7, 11) is 0. The molecule has 7 nitrogen and oxygen atoms in total. The van der Waals surface area contributed by atoms with Crippen molar-refractivity contribution in [2.45, 2.75) is 13.5 Å². The monoisotopic (exact) mass is 438 g/mol. The number of aromatic hydroxyl groups is 1. The molecule has 0 saturated heterocycles. The van der Waals surface area contributed by atoms with E-state index in [1.807, 2.05) is 49.4 Å². The standard InChI is InChI=1S/C21H19ClN6OS/c1-12-2-5-18-15(10-12)19(26-27-21(23)30)20(29)28(18)9-8-25-16-6-7-24-17-11-13(22)3-4-14(16)17/h2-7,10-11,29H,8-9H2,1H3,(H2,23,30)(H,24,25). The van der Waals surface area contributed by atoms with Crippen molar-refractivity contribution < 1.29 is 5.11 Å². The number of aryl methyl sites for hydroxylation is 1. The Labute approximate surface area is 183 Å². The first-order valence-corrected chi connectivity index (χ1v) is 10.0. The SMILES string of the molecule is Cc1ccc2c(c1)c(N=NC(N)=S)c(O)n2CCNc1ccnc2cc(Cl)ccc12. The van der Waals surface area contributed by atoms with Crippen LogP contribution < -0.4 is 11.1 Å². The molecule has 0 spiro atoms. The Hall–Kier alpha value is -3.23. The molecule has 2 aromatic heterocycles. The van der Waals surface area contributed by atoms with Crippen LogP contribution in [0.3, 0.4) is 0 Å². The average molecular weight is 439 g/mol. The van der Waals surface area contributed by atoms with Crippen LogP contribution in [0.25, 0.3) is 21.8 Å². The van der Waals surface area contributed by atoms with E-state index in [0.717, 1.165) is 33.1 Å². The quantitative estimate of drug-likeness (QED) is 0.290. The molecular weight excluding hydrogens is 420 g/mol. The van der Waals surface area contributed by atoms with Gasteiger partial charge in [0.2, 0.25) is 11.0 Å². The van der Waals surface area contributed by atoms with Crippen LogP contribution in [-0.2, 0) is 6.54 Å². The number of aromatic nitrogens is 2. The second-order valence-electron chi connectivity index (χ2n) is 6.83. The van der Waals surface area contributed by atoms with Crippen LogP contribution in [0.15, 0.2) is 58.9 Å². The number of halogens is 1. The summed E-state index contributed by atoms with van der Waals surface area (Å²) < 4.78 is 1.79. The van der Waals surface area contributed by atoms with Crippen LogP contribution in [0.2, 0.25) is 5.02 Å². The summed E-state index contributed by atoms with van der Waals surface area (Å²) in [5, 5.41) is 24.3. The zero-order chi connectivity index (χ0) is 21.3. The van der Waals surface area contributed by atoms with E-state index in [9.17, 15) is 5.11 Å². The van der Waals surface area contributed by atoms with E-state index in [1.165, 1.54) is 0 Å². The maximum atomic E-state index is 10.8. The van der Waals surface area contributed by atoms with Gasteiger partial charge in [0.05, 0.1) is 11.0 Å². The van der Waals surface area contributed by atoms with Crippen molar-refractivity contribution in [2.24, 2.45) is 16.0 Å². The Bertz CT molecular complexity index is 1300. The molecule has 4 N–H and O–H groups in total. The molecule has 0 radical (unpaired) electrons. The summed E-state index contributed by atoms with van der Waals surface area (Å²) >= 11 is 10.8. The van der Waals surface area contributed by atoms with Crippen molar-refractivity contribution in [3.63, 3.8) is 0 Å². The second kappa shape index (κ2) is 8.25. The Balaban J connectivity index is 1.63. The largest absolute Gasteiger partial charge is 0.493 e. The van der Waals surface area contributed by atoms with Crippen LogP contribution in [0.4, 0.5) is 11.4 Å². The molecular formula is C21H19ClN6OS. The number of nitrogens with one attached hydrogen (secondary N) is 1. The number of anilines is 1. The molecule has 9 heteroatoms. The summed E-state index contributed by atoms with van der Waals surface area (Å²) in [5.74, 6) is 0.0174. The first-order chi connectivity index (χ1) is 14.4. The van der Waals surface area contributed by atoms with E-state index >= 15 is 0 Å². The third-order valence-electron chi connectivity index (χ3n) is 4.77. The number of hydrogen-bond donors (Lipinski definition) is 3. The second-order valence-corrected chi connectivity index (χ2v) is 7.68. The molecule has 0 aliphatic rings. The van der Waals surface area contributed by atoms with Gasteiger partial charge in [-0.05, 0) is 55.5 Å². The lowest BCUT2D eigenvalue weighted by Gasteiger charge is -2.11. The average Bonchev–Trinajstić information content (AvgIpc) is 2.96. The first kappa shape index (κ1) is 20.1. The summed E-state index contributed by atoms with van der Waals surface area (Å²) in [6.45, 7) is 3.05. The number of rotatable bonds is 5. The Morgan fingerprint density at radius 2 is 2.07 bits per heavy atom. The van der Waals surface area contributed by atoms with Gasteiger partial charge in [-0.25, -0.2) is 0 Å². The van der Waals surface area contributed by atoms with E-state index < -0.39 is 0 Å². The zero-order valence-corrected chi connectivity index (χ0v) is 17.7. The van der Waals surface area contributed by atoms with Crippen LogP contribution in [0, 0.1) is 6.92 Å². The maximum Gasteiger partial charge on any atom is 0.220 e. The van der Waals surface area contributed by atoms with Gasteiger partial charge in [-0.2, -0.15) is 0 Å². The third kappa shape index (κ3) is 3.92. The van der Waals surface area contributed by atoms with E-state index in [2.05, 4.69) is 20.5 Å². The molecule has 4 rings (SSSR count). The fourth-order valence-corrected chi connectivity index (χ4v) is 3.65. The number of benzene rings is 2. The molecule has 0 saturated carbocycles. The lowest BCUT2D eigenvalue weighted by molar-refractivity contribution is 0.425. The van der Waals surface area contributed by atoms with Gasteiger partial charge in [0.1, 0.15) is 0 Å². The molecule has 0 aliphatic carbocycles. The smallest absolute Gasteiger partial charge is 0.220 e. The lowest BCUT2D eigenvalue weighted by atomic mass is 10.1. The van der Waals surface area contributed by atoms with Crippen LogP contribution in [0.5, 0.6) is 5.88 Å². The zero-order valence-electron chi connectivity index (χ0n) is 16.1. The number of pyridine rings is 1. The molecule has 0 atom stereocenters. The number of nitrogens with two attached hydrogens (primary N) is 1. The van der Waals surface area contributed by atoms with Gasteiger partial charge >= 0.3 is 0 Å². The number of thiocarbonyl (C=S) groups is 1. The topological polar surface area (TPSA) is 101 Å². The maximum absolute atomic E-state index is 10.8. The highest BCUT2D eigenvalue weighted by molar-refractivity contribution is 7.80. The summed E-state index contributed by atoms with van der Waals surface area (Å²) in [5.41, 5.74) is 9.44. The van der Waals surface area contributed by atoms with Crippen molar-refractivity contribution in [3.05, 3.63) is 59.2 Å². The minimum absolute atomic E-state index is 0.0174. The van der Waals surface area contributed by atoms with Gasteiger partial charge < -0.3 is 20.7 Å². The van der Waals surface area contributed by atoms with Gasteiger partial charge in [0.25, 0.3) is 0 Å². The van der Waals surface area contributed by atoms with Crippen LogP contribution in [-0.4, -0.2) is 26.3 Å². The Kier molecular flexibility index (Phi) is 5.52. The predicted molar refractivity (Wildman–Crippen MR) is 125 cm³/mol. The molecule has 4 aromatic rings. The molecule has 152 valence electrons. The normalized spacial score (nSPS) is 11.5. The van der Waals surface area contributed by atoms with Crippen molar-refractivity contribution >= 4 is 62.1 Å². The number of hydrogen-bond acceptors (Lipinski definition) is 5. The highest BCUT2D eigenvalue weighted by atomic mass is 35.5. The number of fused-ring (bicyclic) bond motifs is 2. The summed E-state index contributed by atoms with van der Waals surface area (Å²) in [6.07, 6.45) is 1.74. The molecule has 2 heterocycles. The summed E-state index contributed by atoms with van der Waals surface area (Å²) in [6, 6.07) is 13.4. The highest BCUT2D eigenvalue weighted by Gasteiger charge is 2.17. The van der Waals surface area contributed by atoms with Crippen molar-refractivity contribution in [1.29, 1.82) is 0 Å².